The molecular weight excluding hydrogens is 262 g/mol. The van der Waals surface area contributed by atoms with Crippen LogP contribution in [0.4, 0.5) is 0 Å². The Morgan fingerprint density at radius 2 is 2.00 bits per heavy atom. The number of aromatic nitrogens is 1. The zero-order chi connectivity index (χ0) is 14.9. The zero-order valence-corrected chi connectivity index (χ0v) is 11.2. The molecule has 106 valence electrons. The summed E-state index contributed by atoms with van der Waals surface area (Å²) < 4.78 is 6.68. The van der Waals surface area contributed by atoms with Gasteiger partial charge in [-0.3, -0.25) is 4.79 Å². The van der Waals surface area contributed by atoms with Gasteiger partial charge in [0.25, 0.3) is 0 Å². The fourth-order valence-electron chi connectivity index (χ4n) is 2.33. The monoisotopic (exact) mass is 277 g/mol. The first-order valence-electron chi connectivity index (χ1n) is 6.16. The van der Waals surface area contributed by atoms with Crippen LogP contribution < -0.4 is 4.74 Å². The highest BCUT2D eigenvalue weighted by atomic mass is 16.5. The van der Waals surface area contributed by atoms with Gasteiger partial charge in [-0.2, -0.15) is 0 Å². The third-order valence-electron chi connectivity index (χ3n) is 3.09. The first-order chi connectivity index (χ1) is 9.45. The SMILES string of the molecule is CCOc1ccc2c(c1)c(C)c(C(=O)O)n2CC(=O)O. The molecule has 0 unspecified atom stereocenters. The van der Waals surface area contributed by atoms with Crippen molar-refractivity contribution in [2.45, 2.75) is 20.4 Å². The van der Waals surface area contributed by atoms with Gasteiger partial charge in [0.15, 0.2) is 0 Å². The largest absolute Gasteiger partial charge is 0.494 e. The van der Waals surface area contributed by atoms with Crippen LogP contribution in [0.25, 0.3) is 10.9 Å². The number of benzene rings is 1. The molecule has 0 atom stereocenters. The van der Waals surface area contributed by atoms with Crippen LogP contribution in [0.2, 0.25) is 0 Å². The topological polar surface area (TPSA) is 88.8 Å². The van der Waals surface area contributed by atoms with Crippen molar-refractivity contribution >= 4 is 22.8 Å². The van der Waals surface area contributed by atoms with E-state index in [1.54, 1.807) is 25.1 Å². The molecule has 0 amide bonds. The number of hydrogen-bond donors (Lipinski definition) is 2. The lowest BCUT2D eigenvalue weighted by atomic mass is 10.1. The summed E-state index contributed by atoms with van der Waals surface area (Å²) in [5, 5.41) is 18.9. The van der Waals surface area contributed by atoms with Gasteiger partial charge in [0.05, 0.1) is 6.61 Å². The standard InChI is InChI=1S/C14H15NO5/c1-3-20-9-4-5-11-10(6-9)8(2)13(14(18)19)15(11)7-12(16)17/h4-6H,3,7H2,1-2H3,(H,16,17)(H,18,19). The molecule has 2 rings (SSSR count). The number of nitrogens with zero attached hydrogens (tertiary/aromatic N) is 1. The lowest BCUT2D eigenvalue weighted by Crippen LogP contribution is -2.15. The minimum Gasteiger partial charge on any atom is -0.494 e. The smallest absolute Gasteiger partial charge is 0.352 e. The van der Waals surface area contributed by atoms with Crippen LogP contribution in [0.1, 0.15) is 23.0 Å². The molecule has 0 bridgehead atoms. The average Bonchev–Trinajstić information content (AvgIpc) is 2.62. The Labute approximate surface area is 115 Å². The molecule has 0 saturated carbocycles. The van der Waals surface area contributed by atoms with Crippen molar-refractivity contribution in [1.29, 1.82) is 0 Å². The Morgan fingerprint density at radius 3 is 2.55 bits per heavy atom. The number of aryl methyl sites for hydroxylation is 1. The fraction of sp³-hybridized carbons (Fsp3) is 0.286. The molecule has 1 aromatic carbocycles. The van der Waals surface area contributed by atoms with Crippen LogP contribution in [0.5, 0.6) is 5.75 Å². The number of carboxylic acids is 2. The highest BCUT2D eigenvalue weighted by Gasteiger charge is 2.21. The molecule has 0 aliphatic rings. The molecule has 20 heavy (non-hydrogen) atoms. The van der Waals surface area contributed by atoms with Crippen molar-refractivity contribution < 1.29 is 24.5 Å². The molecule has 0 radical (unpaired) electrons. The van der Waals surface area contributed by atoms with Crippen molar-refractivity contribution in [2.75, 3.05) is 6.61 Å². The van der Waals surface area contributed by atoms with Gasteiger partial charge in [-0.05, 0) is 37.6 Å². The summed E-state index contributed by atoms with van der Waals surface area (Å²) in [5.74, 6) is -1.59. The van der Waals surface area contributed by atoms with E-state index in [0.717, 1.165) is 0 Å². The Kier molecular flexibility index (Phi) is 3.65. The lowest BCUT2D eigenvalue weighted by Gasteiger charge is -2.06. The van der Waals surface area contributed by atoms with E-state index in [1.807, 2.05) is 6.92 Å². The summed E-state index contributed by atoms with van der Waals surface area (Å²) in [6.07, 6.45) is 0. The van der Waals surface area contributed by atoms with Gasteiger partial charge >= 0.3 is 11.9 Å². The van der Waals surface area contributed by atoms with Crippen molar-refractivity contribution in [3.05, 3.63) is 29.5 Å². The minimum absolute atomic E-state index is 0.00366. The molecule has 2 N–H and O–H groups in total. The molecule has 0 aliphatic heterocycles. The number of rotatable bonds is 5. The predicted molar refractivity (Wildman–Crippen MR) is 72.4 cm³/mol. The third-order valence-corrected chi connectivity index (χ3v) is 3.09. The van der Waals surface area contributed by atoms with Crippen LogP contribution >= 0.6 is 0 Å². The Morgan fingerprint density at radius 1 is 1.30 bits per heavy atom. The van der Waals surface area contributed by atoms with Gasteiger partial charge in [-0.1, -0.05) is 0 Å². The molecule has 1 heterocycles. The van der Waals surface area contributed by atoms with E-state index in [2.05, 4.69) is 0 Å². The summed E-state index contributed by atoms with van der Waals surface area (Å²) in [7, 11) is 0. The highest BCUT2D eigenvalue weighted by molar-refractivity contribution is 5.99. The van der Waals surface area contributed by atoms with E-state index < -0.39 is 11.9 Å². The molecule has 6 heteroatoms. The second kappa shape index (κ2) is 5.24. The van der Waals surface area contributed by atoms with Gasteiger partial charge in [0.2, 0.25) is 0 Å². The predicted octanol–water partition coefficient (Wildman–Crippen LogP) is 2.13. The molecule has 2 aromatic rings. The number of carbonyl (C=O) groups is 2. The normalized spacial score (nSPS) is 10.7. The summed E-state index contributed by atoms with van der Waals surface area (Å²) in [6.45, 7) is 3.64. The van der Waals surface area contributed by atoms with Crippen LogP contribution in [-0.2, 0) is 11.3 Å². The van der Waals surface area contributed by atoms with Crippen LogP contribution in [0.3, 0.4) is 0 Å². The molecule has 0 spiro atoms. The van der Waals surface area contributed by atoms with E-state index in [4.69, 9.17) is 9.84 Å². The van der Waals surface area contributed by atoms with Crippen molar-refractivity contribution in [3.8, 4) is 5.75 Å². The van der Waals surface area contributed by atoms with E-state index in [0.29, 0.717) is 28.8 Å². The zero-order valence-electron chi connectivity index (χ0n) is 11.2. The maximum absolute atomic E-state index is 11.4. The molecule has 6 nitrogen and oxygen atoms in total. The van der Waals surface area contributed by atoms with Gasteiger partial charge in [0.1, 0.15) is 18.0 Å². The Bertz CT molecular complexity index is 686. The number of fused-ring (bicyclic) bond motifs is 1. The van der Waals surface area contributed by atoms with Crippen LogP contribution in [0, 0.1) is 6.92 Å². The molecule has 0 aliphatic carbocycles. The third kappa shape index (κ3) is 2.32. The first kappa shape index (κ1) is 13.9. The summed E-state index contributed by atoms with van der Waals surface area (Å²) in [4.78, 5) is 22.3. The maximum Gasteiger partial charge on any atom is 0.352 e. The average molecular weight is 277 g/mol. The first-order valence-corrected chi connectivity index (χ1v) is 6.16. The van der Waals surface area contributed by atoms with E-state index in [-0.39, 0.29) is 12.2 Å². The quantitative estimate of drug-likeness (QED) is 0.874. The minimum atomic E-state index is -1.14. The van der Waals surface area contributed by atoms with Gasteiger partial charge in [0, 0.05) is 10.9 Å². The van der Waals surface area contributed by atoms with Gasteiger partial charge in [-0.15, -0.1) is 0 Å². The number of hydrogen-bond acceptors (Lipinski definition) is 3. The summed E-state index contributed by atoms with van der Waals surface area (Å²) in [6, 6.07) is 5.12. The second-order valence-corrected chi connectivity index (χ2v) is 4.37. The lowest BCUT2D eigenvalue weighted by molar-refractivity contribution is -0.137. The number of aromatic carboxylic acids is 1. The van der Waals surface area contributed by atoms with Crippen LogP contribution in [0.15, 0.2) is 18.2 Å². The van der Waals surface area contributed by atoms with Crippen molar-refractivity contribution in [3.63, 3.8) is 0 Å². The van der Waals surface area contributed by atoms with Crippen molar-refractivity contribution in [1.82, 2.24) is 4.57 Å². The Hall–Kier alpha value is -2.50. The highest BCUT2D eigenvalue weighted by Crippen LogP contribution is 2.29. The molecule has 0 saturated heterocycles. The fourth-order valence-corrected chi connectivity index (χ4v) is 2.33. The maximum atomic E-state index is 11.4. The van der Waals surface area contributed by atoms with Gasteiger partial charge < -0.3 is 19.5 Å². The van der Waals surface area contributed by atoms with E-state index in [1.165, 1.54) is 4.57 Å². The second-order valence-electron chi connectivity index (χ2n) is 4.37. The molecular formula is C14H15NO5. The summed E-state index contributed by atoms with van der Waals surface area (Å²) in [5.41, 5.74) is 1.11. The molecule has 1 aromatic heterocycles. The van der Waals surface area contributed by atoms with Crippen LogP contribution in [-0.4, -0.2) is 33.3 Å². The summed E-state index contributed by atoms with van der Waals surface area (Å²) >= 11 is 0. The van der Waals surface area contributed by atoms with Crippen molar-refractivity contribution in [2.24, 2.45) is 0 Å². The Balaban J connectivity index is 2.71. The number of carboxylic acid groups (broad SMARTS) is 2. The van der Waals surface area contributed by atoms with Gasteiger partial charge in [-0.25, -0.2) is 4.79 Å². The van der Waals surface area contributed by atoms with E-state index in [9.17, 15) is 14.7 Å². The van der Waals surface area contributed by atoms with E-state index >= 15 is 0 Å². The number of ether oxygens (including phenoxy) is 1. The number of aliphatic carboxylic acids is 1. The molecule has 0 fully saturated rings.